The molecule has 0 saturated carbocycles. The SMILES string of the molecule is CCOc1ccc(Br)cc1C=CC(=O)Nc1cc([N+](=O)[O-])ccc1C. The third kappa shape index (κ3) is 5.15. The Morgan fingerprint density at radius 3 is 2.76 bits per heavy atom. The summed E-state index contributed by atoms with van der Waals surface area (Å²) in [4.78, 5) is 22.5. The highest BCUT2D eigenvalue weighted by Crippen LogP contribution is 2.25. The van der Waals surface area contributed by atoms with E-state index < -0.39 is 4.92 Å². The summed E-state index contributed by atoms with van der Waals surface area (Å²) in [5.74, 6) is 0.285. The van der Waals surface area contributed by atoms with E-state index in [1.807, 2.05) is 25.1 Å². The molecule has 2 rings (SSSR count). The van der Waals surface area contributed by atoms with Crippen LogP contribution in [0, 0.1) is 17.0 Å². The van der Waals surface area contributed by atoms with Gasteiger partial charge in [-0.05, 0) is 43.7 Å². The van der Waals surface area contributed by atoms with E-state index in [1.54, 1.807) is 19.1 Å². The lowest BCUT2D eigenvalue weighted by atomic mass is 10.1. The highest BCUT2D eigenvalue weighted by atomic mass is 79.9. The van der Waals surface area contributed by atoms with Crippen LogP contribution < -0.4 is 10.1 Å². The van der Waals surface area contributed by atoms with Crippen molar-refractivity contribution in [2.45, 2.75) is 13.8 Å². The number of hydrogen-bond donors (Lipinski definition) is 1. The van der Waals surface area contributed by atoms with Gasteiger partial charge >= 0.3 is 0 Å². The number of rotatable bonds is 6. The zero-order chi connectivity index (χ0) is 18.4. The molecule has 1 amide bonds. The average Bonchev–Trinajstić information content (AvgIpc) is 2.57. The summed E-state index contributed by atoms with van der Waals surface area (Å²) in [5.41, 5.74) is 1.82. The Kier molecular flexibility index (Phi) is 6.30. The lowest BCUT2D eigenvalue weighted by molar-refractivity contribution is -0.384. The first kappa shape index (κ1) is 18.7. The molecule has 0 atom stereocenters. The summed E-state index contributed by atoms with van der Waals surface area (Å²) < 4.78 is 6.39. The van der Waals surface area contributed by atoms with Crippen molar-refractivity contribution in [1.82, 2.24) is 0 Å². The molecule has 6 nitrogen and oxygen atoms in total. The van der Waals surface area contributed by atoms with Crippen LogP contribution in [0.5, 0.6) is 5.75 Å². The van der Waals surface area contributed by atoms with Gasteiger partial charge in [-0.1, -0.05) is 22.0 Å². The van der Waals surface area contributed by atoms with Crippen LogP contribution in [0.4, 0.5) is 11.4 Å². The molecule has 7 heteroatoms. The maximum atomic E-state index is 12.2. The second kappa shape index (κ2) is 8.43. The molecule has 1 N–H and O–H groups in total. The van der Waals surface area contributed by atoms with Crippen LogP contribution in [0.1, 0.15) is 18.1 Å². The van der Waals surface area contributed by atoms with Crippen molar-refractivity contribution in [3.63, 3.8) is 0 Å². The van der Waals surface area contributed by atoms with Crippen LogP contribution in [0.3, 0.4) is 0 Å². The van der Waals surface area contributed by atoms with E-state index in [1.165, 1.54) is 18.2 Å². The molecule has 0 aliphatic rings. The largest absolute Gasteiger partial charge is 0.493 e. The highest BCUT2D eigenvalue weighted by molar-refractivity contribution is 9.10. The van der Waals surface area contributed by atoms with Gasteiger partial charge in [0, 0.05) is 28.2 Å². The zero-order valence-electron chi connectivity index (χ0n) is 13.8. The van der Waals surface area contributed by atoms with Gasteiger partial charge < -0.3 is 10.1 Å². The first-order chi connectivity index (χ1) is 11.9. The van der Waals surface area contributed by atoms with Crippen molar-refractivity contribution in [3.8, 4) is 5.75 Å². The van der Waals surface area contributed by atoms with Gasteiger partial charge in [-0.3, -0.25) is 14.9 Å². The molecule has 0 unspecified atom stereocenters. The number of halogens is 1. The second-order valence-electron chi connectivity index (χ2n) is 5.19. The van der Waals surface area contributed by atoms with E-state index in [0.717, 1.165) is 15.6 Å². The molecule has 130 valence electrons. The van der Waals surface area contributed by atoms with Crippen molar-refractivity contribution < 1.29 is 14.5 Å². The Labute approximate surface area is 153 Å². The van der Waals surface area contributed by atoms with Gasteiger partial charge in [0.05, 0.1) is 17.2 Å². The van der Waals surface area contributed by atoms with E-state index in [2.05, 4.69) is 21.2 Å². The van der Waals surface area contributed by atoms with Crippen LogP contribution in [0.15, 0.2) is 46.9 Å². The fourth-order valence-corrected chi connectivity index (χ4v) is 2.51. The number of amides is 1. The summed E-state index contributed by atoms with van der Waals surface area (Å²) >= 11 is 3.39. The third-order valence-corrected chi connectivity index (χ3v) is 3.87. The minimum atomic E-state index is -0.499. The molecular formula is C18H17BrN2O4. The van der Waals surface area contributed by atoms with Crippen molar-refractivity contribution in [1.29, 1.82) is 0 Å². The number of nitrogens with zero attached hydrogens (tertiary/aromatic N) is 1. The number of nitro groups is 1. The Morgan fingerprint density at radius 2 is 2.08 bits per heavy atom. The van der Waals surface area contributed by atoms with Gasteiger partial charge in [-0.2, -0.15) is 0 Å². The molecule has 0 fully saturated rings. The van der Waals surface area contributed by atoms with Crippen LogP contribution >= 0.6 is 15.9 Å². The third-order valence-electron chi connectivity index (χ3n) is 3.38. The molecule has 0 spiro atoms. The van der Waals surface area contributed by atoms with Gasteiger partial charge in [0.2, 0.25) is 5.91 Å². The molecule has 2 aromatic rings. The molecule has 0 aliphatic heterocycles. The van der Waals surface area contributed by atoms with Crippen molar-refractivity contribution >= 4 is 39.3 Å². The van der Waals surface area contributed by atoms with Crippen molar-refractivity contribution in [2.24, 2.45) is 0 Å². The van der Waals surface area contributed by atoms with Crippen LogP contribution in [0.2, 0.25) is 0 Å². The predicted molar refractivity (Wildman–Crippen MR) is 101 cm³/mol. The van der Waals surface area contributed by atoms with Gasteiger partial charge in [0.15, 0.2) is 0 Å². The summed E-state index contributed by atoms with van der Waals surface area (Å²) in [6.07, 6.45) is 3.00. The fourth-order valence-electron chi connectivity index (χ4n) is 2.13. The quantitative estimate of drug-likeness (QED) is 0.429. The standard InChI is InChI=1S/C18H17BrN2O4/c1-3-25-17-8-6-14(19)10-13(17)5-9-18(22)20-16-11-15(21(23)24)7-4-12(16)2/h4-11H,3H2,1-2H3,(H,20,22). The maximum absolute atomic E-state index is 12.2. The fraction of sp³-hybridized carbons (Fsp3) is 0.167. The predicted octanol–water partition coefficient (Wildman–Crippen LogP) is 4.72. The molecule has 0 bridgehead atoms. The first-order valence-electron chi connectivity index (χ1n) is 7.57. The molecule has 0 aliphatic carbocycles. The lowest BCUT2D eigenvalue weighted by Gasteiger charge is -2.08. The van der Waals surface area contributed by atoms with Gasteiger partial charge in [-0.25, -0.2) is 0 Å². The van der Waals surface area contributed by atoms with Crippen LogP contribution in [-0.4, -0.2) is 17.4 Å². The van der Waals surface area contributed by atoms with Crippen LogP contribution in [0.25, 0.3) is 6.08 Å². The molecule has 0 saturated heterocycles. The molecule has 2 aromatic carbocycles. The van der Waals surface area contributed by atoms with E-state index in [9.17, 15) is 14.9 Å². The average molecular weight is 405 g/mol. The summed E-state index contributed by atoms with van der Waals surface area (Å²) in [6.45, 7) is 4.17. The number of hydrogen-bond acceptors (Lipinski definition) is 4. The Morgan fingerprint density at radius 1 is 1.32 bits per heavy atom. The second-order valence-corrected chi connectivity index (χ2v) is 6.11. The number of anilines is 1. The number of carbonyl (C=O) groups excluding carboxylic acids is 1. The lowest BCUT2D eigenvalue weighted by Crippen LogP contribution is -2.09. The number of nitrogens with one attached hydrogen (secondary N) is 1. The highest BCUT2D eigenvalue weighted by Gasteiger charge is 2.10. The first-order valence-corrected chi connectivity index (χ1v) is 8.36. The van der Waals surface area contributed by atoms with Crippen molar-refractivity contribution in [3.05, 3.63) is 68.2 Å². The minimum Gasteiger partial charge on any atom is -0.493 e. The van der Waals surface area contributed by atoms with E-state index in [-0.39, 0.29) is 11.6 Å². The molecule has 0 aromatic heterocycles. The normalized spacial score (nSPS) is 10.7. The molecule has 25 heavy (non-hydrogen) atoms. The zero-order valence-corrected chi connectivity index (χ0v) is 15.4. The smallest absolute Gasteiger partial charge is 0.271 e. The molecule has 0 heterocycles. The van der Waals surface area contributed by atoms with Crippen LogP contribution in [-0.2, 0) is 4.79 Å². The molecular weight excluding hydrogens is 388 g/mol. The Bertz CT molecular complexity index is 834. The Hall–Kier alpha value is -2.67. The summed E-state index contributed by atoms with van der Waals surface area (Å²) in [5, 5.41) is 13.5. The van der Waals surface area contributed by atoms with E-state index in [0.29, 0.717) is 18.0 Å². The summed E-state index contributed by atoms with van der Waals surface area (Å²) in [7, 11) is 0. The van der Waals surface area contributed by atoms with Gasteiger partial charge in [0.1, 0.15) is 5.75 Å². The number of ether oxygens (including phenoxy) is 1. The number of non-ortho nitro benzene ring substituents is 1. The number of aryl methyl sites for hydroxylation is 1. The maximum Gasteiger partial charge on any atom is 0.271 e. The number of carbonyl (C=O) groups is 1. The Balaban J connectivity index is 2.18. The number of nitro benzene ring substituents is 1. The topological polar surface area (TPSA) is 81.5 Å². The monoisotopic (exact) mass is 404 g/mol. The van der Waals surface area contributed by atoms with Crippen molar-refractivity contribution in [2.75, 3.05) is 11.9 Å². The number of benzene rings is 2. The van der Waals surface area contributed by atoms with Gasteiger partial charge in [-0.15, -0.1) is 0 Å². The van der Waals surface area contributed by atoms with Gasteiger partial charge in [0.25, 0.3) is 5.69 Å². The molecule has 0 radical (unpaired) electrons. The van der Waals surface area contributed by atoms with E-state index >= 15 is 0 Å². The van der Waals surface area contributed by atoms with E-state index in [4.69, 9.17) is 4.74 Å². The minimum absolute atomic E-state index is 0.0736. The summed E-state index contributed by atoms with van der Waals surface area (Å²) in [6, 6.07) is 9.85.